The van der Waals surface area contributed by atoms with E-state index in [0.29, 0.717) is 26.5 Å². The minimum atomic E-state index is -1.27. The number of carbonyl (C=O) groups is 3. The van der Waals surface area contributed by atoms with Gasteiger partial charge in [0.25, 0.3) is 5.91 Å². The molecule has 0 unspecified atom stereocenters. The fourth-order valence-electron chi connectivity index (χ4n) is 3.15. The molecular weight excluding hydrogens is 462 g/mol. The molecule has 4 amide bonds. The molecule has 1 atom stereocenters. The topological polar surface area (TPSA) is 87.7 Å². The number of aryl methyl sites for hydroxylation is 1. The van der Waals surface area contributed by atoms with Crippen LogP contribution in [0.1, 0.15) is 18.1 Å². The van der Waals surface area contributed by atoms with E-state index in [1.54, 1.807) is 44.2 Å². The molecule has 0 radical (unpaired) electrons. The van der Waals surface area contributed by atoms with Crippen molar-refractivity contribution < 1.29 is 19.1 Å². The minimum Gasteiger partial charge on any atom is -0.495 e. The van der Waals surface area contributed by atoms with Gasteiger partial charge in [-0.3, -0.25) is 14.5 Å². The number of nitrogens with one attached hydrogen (secondary N) is 2. The van der Waals surface area contributed by atoms with Crippen LogP contribution in [-0.2, 0) is 15.1 Å². The lowest BCUT2D eigenvalue weighted by Gasteiger charge is -2.23. The monoisotopic (exact) mass is 479 g/mol. The number of hydrogen-bond donors (Lipinski definition) is 2. The number of hydrogen-bond acceptors (Lipinski definition) is 4. The van der Waals surface area contributed by atoms with Crippen molar-refractivity contribution in [3.8, 4) is 5.75 Å². The first-order chi connectivity index (χ1) is 13.7. The van der Waals surface area contributed by atoms with E-state index < -0.39 is 29.9 Å². The third kappa shape index (κ3) is 3.95. The molecule has 1 heterocycles. The molecule has 1 saturated heterocycles. The van der Waals surface area contributed by atoms with E-state index in [0.717, 1.165) is 10.5 Å². The van der Waals surface area contributed by atoms with Crippen molar-refractivity contribution in [1.29, 1.82) is 0 Å². The van der Waals surface area contributed by atoms with E-state index in [-0.39, 0.29) is 0 Å². The number of imide groups is 1. The van der Waals surface area contributed by atoms with Crippen LogP contribution in [0.3, 0.4) is 0 Å². The van der Waals surface area contributed by atoms with E-state index in [4.69, 9.17) is 16.3 Å². The van der Waals surface area contributed by atoms with Crippen LogP contribution in [0.25, 0.3) is 0 Å². The third-order valence-corrected chi connectivity index (χ3v) is 5.84. The largest absolute Gasteiger partial charge is 0.495 e. The van der Waals surface area contributed by atoms with Crippen LogP contribution in [0.15, 0.2) is 40.9 Å². The average Bonchev–Trinajstić information content (AvgIpc) is 2.88. The van der Waals surface area contributed by atoms with E-state index in [2.05, 4.69) is 26.6 Å². The van der Waals surface area contributed by atoms with Gasteiger partial charge in [-0.15, -0.1) is 0 Å². The zero-order valence-corrected chi connectivity index (χ0v) is 18.3. The molecule has 152 valence electrons. The van der Waals surface area contributed by atoms with Crippen LogP contribution < -0.4 is 15.4 Å². The molecule has 1 aliphatic heterocycles. The molecule has 2 aromatic carbocycles. The molecule has 0 bridgehead atoms. The first-order valence-electron chi connectivity index (χ1n) is 8.70. The summed E-state index contributed by atoms with van der Waals surface area (Å²) >= 11 is 9.48. The van der Waals surface area contributed by atoms with Crippen LogP contribution >= 0.6 is 27.5 Å². The molecule has 29 heavy (non-hydrogen) atoms. The molecule has 2 aromatic rings. The molecular formula is C20H19BrClN3O4. The summed E-state index contributed by atoms with van der Waals surface area (Å²) < 4.78 is 5.92. The predicted molar refractivity (Wildman–Crippen MR) is 113 cm³/mol. The van der Waals surface area contributed by atoms with Gasteiger partial charge in [0.05, 0.1) is 12.8 Å². The van der Waals surface area contributed by atoms with E-state index >= 15 is 0 Å². The van der Waals surface area contributed by atoms with Gasteiger partial charge in [-0.1, -0.05) is 45.7 Å². The molecule has 7 nitrogen and oxygen atoms in total. The summed E-state index contributed by atoms with van der Waals surface area (Å²) in [6.45, 7) is 2.96. The van der Waals surface area contributed by atoms with Gasteiger partial charge in [-0.05, 0) is 31.5 Å². The van der Waals surface area contributed by atoms with Gasteiger partial charge in [0.1, 0.15) is 17.8 Å². The Morgan fingerprint density at radius 2 is 2.00 bits per heavy atom. The Hall–Kier alpha value is -2.58. The maximum atomic E-state index is 13.0. The van der Waals surface area contributed by atoms with Gasteiger partial charge in [-0.2, -0.15) is 0 Å². The maximum absolute atomic E-state index is 13.0. The quantitative estimate of drug-likeness (QED) is 0.637. The first kappa shape index (κ1) is 21.1. The Kier molecular flexibility index (Phi) is 5.86. The van der Waals surface area contributed by atoms with Gasteiger partial charge < -0.3 is 15.4 Å². The zero-order valence-electron chi connectivity index (χ0n) is 16.0. The number of ether oxygens (including phenoxy) is 1. The number of methoxy groups -OCH3 is 1. The van der Waals surface area contributed by atoms with Gasteiger partial charge in [0, 0.05) is 21.1 Å². The lowest BCUT2D eigenvalue weighted by atomic mass is 9.92. The molecule has 0 spiro atoms. The standard InChI is InChI=1S/C20H19BrClN3O4/c1-11-8-15(16(29-3)9-14(11)22)23-17(26)10-25-18(27)20(2,24-19(25)28)12-6-4-5-7-13(12)21/h4-9H,10H2,1-3H3,(H,23,26)(H,24,28)/t20-/m1/s1. The van der Waals surface area contributed by atoms with Crippen molar-refractivity contribution in [2.45, 2.75) is 19.4 Å². The molecule has 2 N–H and O–H groups in total. The number of urea groups is 1. The van der Waals surface area contributed by atoms with Crippen LogP contribution in [0.2, 0.25) is 5.02 Å². The Bertz CT molecular complexity index is 1010. The highest BCUT2D eigenvalue weighted by Gasteiger charge is 2.50. The highest BCUT2D eigenvalue weighted by molar-refractivity contribution is 9.10. The summed E-state index contributed by atoms with van der Waals surface area (Å²) in [5.41, 5.74) is 0.488. The fraction of sp³-hybridized carbons (Fsp3) is 0.250. The van der Waals surface area contributed by atoms with Gasteiger partial charge >= 0.3 is 6.03 Å². The molecule has 1 aliphatic rings. The fourth-order valence-corrected chi connectivity index (χ4v) is 3.99. The third-order valence-electron chi connectivity index (χ3n) is 4.74. The zero-order chi connectivity index (χ0) is 21.3. The highest BCUT2D eigenvalue weighted by atomic mass is 79.9. The predicted octanol–water partition coefficient (Wildman–Crippen LogP) is 3.83. The maximum Gasteiger partial charge on any atom is 0.325 e. The van der Waals surface area contributed by atoms with Crippen LogP contribution in [0.5, 0.6) is 5.75 Å². The second kappa shape index (κ2) is 8.04. The van der Waals surface area contributed by atoms with Crippen molar-refractivity contribution in [1.82, 2.24) is 10.2 Å². The summed E-state index contributed by atoms with van der Waals surface area (Å²) in [4.78, 5) is 38.9. The van der Waals surface area contributed by atoms with Crippen molar-refractivity contribution in [2.75, 3.05) is 19.0 Å². The number of amides is 4. The minimum absolute atomic E-state index is 0.379. The molecule has 1 fully saturated rings. The smallest absolute Gasteiger partial charge is 0.325 e. The summed E-state index contributed by atoms with van der Waals surface area (Å²) in [6, 6.07) is 9.72. The Balaban J connectivity index is 1.80. The van der Waals surface area contributed by atoms with Gasteiger partial charge in [0.15, 0.2) is 0 Å². The van der Waals surface area contributed by atoms with E-state index in [1.165, 1.54) is 7.11 Å². The van der Waals surface area contributed by atoms with Crippen LogP contribution in [-0.4, -0.2) is 36.4 Å². The van der Waals surface area contributed by atoms with Crippen LogP contribution in [0, 0.1) is 6.92 Å². The van der Waals surface area contributed by atoms with E-state index in [1.807, 2.05) is 6.07 Å². The van der Waals surface area contributed by atoms with E-state index in [9.17, 15) is 14.4 Å². The second-order valence-corrected chi connectivity index (χ2v) is 8.04. The highest BCUT2D eigenvalue weighted by Crippen LogP contribution is 2.34. The first-order valence-corrected chi connectivity index (χ1v) is 9.87. The molecule has 0 aromatic heterocycles. The number of rotatable bonds is 5. The Morgan fingerprint density at radius 3 is 2.66 bits per heavy atom. The van der Waals surface area contributed by atoms with Crippen molar-refractivity contribution >= 4 is 51.1 Å². The number of halogens is 2. The normalized spacial score (nSPS) is 18.6. The summed E-state index contributed by atoms with van der Waals surface area (Å²) in [5, 5.41) is 5.85. The number of nitrogens with zero attached hydrogens (tertiary/aromatic N) is 1. The number of carbonyl (C=O) groups excluding carboxylic acids is 3. The molecule has 9 heteroatoms. The van der Waals surface area contributed by atoms with Gasteiger partial charge in [0.2, 0.25) is 5.91 Å². The molecule has 0 aliphatic carbocycles. The molecule has 0 saturated carbocycles. The van der Waals surface area contributed by atoms with Crippen molar-refractivity contribution in [3.05, 3.63) is 57.0 Å². The van der Waals surface area contributed by atoms with Crippen LogP contribution in [0.4, 0.5) is 10.5 Å². The number of anilines is 1. The second-order valence-electron chi connectivity index (χ2n) is 6.78. The lowest BCUT2D eigenvalue weighted by Crippen LogP contribution is -2.42. The summed E-state index contributed by atoms with van der Waals surface area (Å²) in [7, 11) is 1.46. The average molecular weight is 481 g/mol. The summed E-state index contributed by atoms with van der Waals surface area (Å²) in [6.07, 6.45) is 0. The Morgan fingerprint density at radius 1 is 1.31 bits per heavy atom. The summed E-state index contributed by atoms with van der Waals surface area (Å²) in [5.74, 6) is -0.669. The number of benzene rings is 2. The SMILES string of the molecule is COc1cc(Cl)c(C)cc1NC(=O)CN1C(=O)N[C@](C)(c2ccccc2Br)C1=O. The Labute approximate surface area is 181 Å². The lowest BCUT2D eigenvalue weighted by molar-refractivity contribution is -0.133. The molecule has 3 rings (SSSR count). The van der Waals surface area contributed by atoms with Crippen molar-refractivity contribution in [3.63, 3.8) is 0 Å². The van der Waals surface area contributed by atoms with Gasteiger partial charge in [-0.25, -0.2) is 4.79 Å². The van der Waals surface area contributed by atoms with Crippen molar-refractivity contribution in [2.24, 2.45) is 0 Å².